The van der Waals surface area contributed by atoms with Crippen molar-refractivity contribution in [2.24, 2.45) is 0 Å². The molecule has 52 heavy (non-hydrogen) atoms. The Bertz CT molecular complexity index is 2020. The van der Waals surface area contributed by atoms with Crippen LogP contribution in [0.5, 0.6) is 0 Å². The highest BCUT2D eigenvalue weighted by molar-refractivity contribution is 6.09. The number of hydrazine groups is 1. The van der Waals surface area contributed by atoms with E-state index in [9.17, 15) is 58.3 Å². The van der Waals surface area contributed by atoms with Crippen LogP contribution in [0, 0.1) is 20.8 Å². The molecular weight excluding hydrogens is 726 g/mol. The van der Waals surface area contributed by atoms with Gasteiger partial charge in [0.1, 0.15) is 17.1 Å². The van der Waals surface area contributed by atoms with Gasteiger partial charge in [0.15, 0.2) is 5.82 Å². The molecule has 280 valence electrons. The minimum absolute atomic E-state index is 0.0946. The molecule has 0 aliphatic heterocycles. The molecule has 0 bridgehead atoms. The van der Waals surface area contributed by atoms with Crippen molar-refractivity contribution >= 4 is 23.6 Å². The molecule has 22 heteroatoms. The number of carbonyl (C=O) groups is 3. The van der Waals surface area contributed by atoms with E-state index in [0.29, 0.717) is 21.7 Å². The van der Waals surface area contributed by atoms with Crippen molar-refractivity contribution in [1.29, 1.82) is 0 Å². The van der Waals surface area contributed by atoms with Gasteiger partial charge in [0.2, 0.25) is 0 Å². The predicted molar refractivity (Wildman–Crippen MR) is 159 cm³/mol. The molecule has 0 radical (unpaired) electrons. The summed E-state index contributed by atoms with van der Waals surface area (Å²) in [6.07, 6.45) is -12.6. The molecule has 4 aromatic rings. The van der Waals surface area contributed by atoms with Crippen molar-refractivity contribution in [1.82, 2.24) is 35.0 Å². The number of alkyl halides is 10. The largest absolute Gasteiger partial charge is 0.459 e. The summed E-state index contributed by atoms with van der Waals surface area (Å²) in [5.41, 5.74) is -2.79. The molecule has 3 heterocycles. The van der Waals surface area contributed by atoms with Crippen LogP contribution in [0.25, 0.3) is 5.82 Å². The lowest BCUT2D eigenvalue weighted by Gasteiger charge is -2.20. The summed E-state index contributed by atoms with van der Waals surface area (Å²) in [6.45, 7) is 3.25. The molecule has 0 unspecified atom stereocenters. The fraction of sp³-hybridized carbons (Fsp3) is 0.333. The number of ether oxygens (including phenoxy) is 1. The summed E-state index contributed by atoms with van der Waals surface area (Å²) in [7, 11) is 2.22. The normalized spacial score (nSPS) is 12.4. The maximum atomic E-state index is 14.5. The van der Waals surface area contributed by atoms with E-state index in [2.05, 4.69) is 30.7 Å². The van der Waals surface area contributed by atoms with E-state index >= 15 is 0 Å². The lowest BCUT2D eigenvalue weighted by molar-refractivity contribution is -0.292. The molecule has 3 aromatic heterocycles. The lowest BCUT2D eigenvalue weighted by atomic mass is 10.0. The molecule has 0 atom stereocenters. The number of aromatic nitrogens is 5. The van der Waals surface area contributed by atoms with Crippen LogP contribution < -0.4 is 10.7 Å². The summed E-state index contributed by atoms with van der Waals surface area (Å²) in [5, 5.41) is 10.00. The van der Waals surface area contributed by atoms with Gasteiger partial charge in [-0.25, -0.2) is 19.5 Å². The number of anilines is 1. The van der Waals surface area contributed by atoms with Crippen molar-refractivity contribution < 1.29 is 63.0 Å². The molecule has 0 saturated carbocycles. The maximum absolute atomic E-state index is 14.5. The monoisotopic (exact) mass is 752 g/mol. The van der Waals surface area contributed by atoms with Gasteiger partial charge in [0.05, 0.1) is 30.6 Å². The molecule has 0 fully saturated rings. The van der Waals surface area contributed by atoms with Gasteiger partial charge in [-0.1, -0.05) is 12.1 Å². The third-order valence-electron chi connectivity index (χ3n) is 7.30. The number of benzene rings is 1. The number of amides is 3. The first-order valence-corrected chi connectivity index (χ1v) is 14.4. The Hall–Kier alpha value is -5.70. The van der Waals surface area contributed by atoms with Crippen molar-refractivity contribution in [3.8, 4) is 5.82 Å². The average molecular weight is 753 g/mol. The lowest BCUT2D eigenvalue weighted by Crippen LogP contribution is -2.43. The van der Waals surface area contributed by atoms with Crippen LogP contribution in [0.3, 0.4) is 0 Å². The fourth-order valence-electron chi connectivity index (χ4n) is 4.80. The standard InChI is InChI=1S/C30H26F10N8O4/c1-14-9-16(3)22(18(10-14)24(49)45-46(4)26(51)52-5)42-25(50)19-11-17(43-48(19)23-15(2)7-6-8-41-23)13-47-21(28(33,34)30(38,39)40)12-20(44-47)27(31,32)29(35,36)37/h6-12H,13H2,1-5H3,(H,42,50)(H,45,49). The highest BCUT2D eigenvalue weighted by atomic mass is 19.4. The van der Waals surface area contributed by atoms with Gasteiger partial charge in [0.25, 0.3) is 11.8 Å². The van der Waals surface area contributed by atoms with Crippen LogP contribution in [0.1, 0.15) is 54.6 Å². The number of hydrogen-bond donors (Lipinski definition) is 2. The third-order valence-corrected chi connectivity index (χ3v) is 7.30. The van der Waals surface area contributed by atoms with Gasteiger partial charge < -0.3 is 10.1 Å². The number of methoxy groups -OCH3 is 1. The summed E-state index contributed by atoms with van der Waals surface area (Å²) < 4.78 is 142. The van der Waals surface area contributed by atoms with E-state index in [0.717, 1.165) is 17.9 Å². The van der Waals surface area contributed by atoms with Gasteiger partial charge in [0, 0.05) is 13.2 Å². The quantitative estimate of drug-likeness (QED) is 0.158. The van der Waals surface area contributed by atoms with Gasteiger partial charge in [-0.2, -0.15) is 54.1 Å². The van der Waals surface area contributed by atoms with E-state index in [1.54, 1.807) is 13.0 Å². The summed E-state index contributed by atoms with van der Waals surface area (Å²) in [5.74, 6) is -14.0. The summed E-state index contributed by atoms with van der Waals surface area (Å²) >= 11 is 0. The maximum Gasteiger partial charge on any atom is 0.459 e. The minimum atomic E-state index is -6.45. The Morgan fingerprint density at radius 1 is 0.846 bits per heavy atom. The molecular formula is C30H26F10N8O4. The number of nitrogens with zero attached hydrogens (tertiary/aromatic N) is 6. The van der Waals surface area contributed by atoms with Gasteiger partial charge in [-0.05, 0) is 61.7 Å². The number of aryl methyl sites for hydroxylation is 3. The molecule has 4 rings (SSSR count). The second kappa shape index (κ2) is 13.8. The Kier molecular flexibility index (Phi) is 10.4. The van der Waals surface area contributed by atoms with Gasteiger partial charge in [-0.3, -0.25) is 19.7 Å². The van der Waals surface area contributed by atoms with Crippen molar-refractivity contribution in [3.63, 3.8) is 0 Å². The SMILES string of the molecule is COC(=O)N(C)NC(=O)c1cc(C)cc(C)c1NC(=O)c1cc(Cn2nc(C(F)(F)C(F)(F)F)cc2C(F)(F)C(F)(F)F)nn1-c1ncccc1C. The molecule has 0 saturated heterocycles. The first kappa shape index (κ1) is 39.1. The first-order valence-electron chi connectivity index (χ1n) is 14.4. The van der Waals surface area contributed by atoms with Crippen molar-refractivity contribution in [2.75, 3.05) is 19.5 Å². The highest BCUT2D eigenvalue weighted by Crippen LogP contribution is 2.48. The van der Waals surface area contributed by atoms with Crippen LogP contribution in [-0.2, 0) is 23.1 Å². The van der Waals surface area contributed by atoms with Crippen LogP contribution >= 0.6 is 0 Å². The van der Waals surface area contributed by atoms with Crippen LogP contribution in [0.2, 0.25) is 0 Å². The van der Waals surface area contributed by atoms with Gasteiger partial charge in [-0.15, -0.1) is 0 Å². The van der Waals surface area contributed by atoms with Gasteiger partial charge >= 0.3 is 30.3 Å². The van der Waals surface area contributed by atoms with Crippen molar-refractivity contribution in [3.05, 3.63) is 87.6 Å². The Morgan fingerprint density at radius 2 is 1.48 bits per heavy atom. The Labute approximate surface area is 286 Å². The second-order valence-corrected chi connectivity index (χ2v) is 11.2. The smallest absolute Gasteiger partial charge is 0.452 e. The molecule has 12 nitrogen and oxygen atoms in total. The fourth-order valence-corrected chi connectivity index (χ4v) is 4.80. The number of hydrogen-bond acceptors (Lipinski definition) is 7. The molecule has 0 spiro atoms. The van der Waals surface area contributed by atoms with Crippen LogP contribution in [0.15, 0.2) is 42.6 Å². The highest BCUT2D eigenvalue weighted by Gasteiger charge is 2.64. The zero-order valence-corrected chi connectivity index (χ0v) is 27.3. The zero-order valence-electron chi connectivity index (χ0n) is 27.3. The molecule has 0 aliphatic rings. The number of rotatable bonds is 8. The minimum Gasteiger partial charge on any atom is -0.452 e. The molecule has 0 aliphatic carbocycles. The number of halogens is 10. The van der Waals surface area contributed by atoms with E-state index in [4.69, 9.17) is 0 Å². The number of pyridine rings is 1. The van der Waals surface area contributed by atoms with E-state index < -0.39 is 82.2 Å². The number of nitrogens with one attached hydrogen (secondary N) is 2. The molecule has 1 aromatic carbocycles. The first-order chi connectivity index (χ1) is 23.9. The van der Waals surface area contributed by atoms with E-state index in [-0.39, 0.29) is 17.1 Å². The molecule has 3 amide bonds. The Balaban J connectivity index is 1.85. The summed E-state index contributed by atoms with van der Waals surface area (Å²) in [4.78, 5) is 42.9. The Morgan fingerprint density at radius 3 is 2.06 bits per heavy atom. The zero-order chi connectivity index (χ0) is 39.1. The topological polar surface area (TPSA) is 136 Å². The van der Waals surface area contributed by atoms with Crippen LogP contribution in [0.4, 0.5) is 54.4 Å². The van der Waals surface area contributed by atoms with E-state index in [1.807, 2.05) is 0 Å². The third kappa shape index (κ3) is 7.49. The van der Waals surface area contributed by atoms with Crippen molar-refractivity contribution in [2.45, 2.75) is 51.5 Å². The average Bonchev–Trinajstić information content (AvgIpc) is 3.66. The molecule has 2 N–H and O–H groups in total. The second-order valence-electron chi connectivity index (χ2n) is 11.2. The van der Waals surface area contributed by atoms with E-state index in [1.165, 1.54) is 45.3 Å². The predicted octanol–water partition coefficient (Wildman–Crippen LogP) is 6.34. The summed E-state index contributed by atoms with van der Waals surface area (Å²) in [6, 6.07) is 6.00. The number of carbonyl (C=O) groups excluding carboxylic acids is 3. The van der Waals surface area contributed by atoms with Crippen LogP contribution in [-0.4, -0.2) is 74.0 Å².